The molecule has 0 atom stereocenters. The van der Waals surface area contributed by atoms with Gasteiger partial charge in [0.05, 0.1) is 18.6 Å². The molecule has 1 fully saturated rings. The van der Waals surface area contributed by atoms with Gasteiger partial charge in [-0.25, -0.2) is 9.38 Å². The summed E-state index contributed by atoms with van der Waals surface area (Å²) >= 11 is 6.50. The van der Waals surface area contributed by atoms with Crippen molar-refractivity contribution in [2.45, 2.75) is 0 Å². The molecule has 2 aromatic rings. The molecule has 1 heterocycles. The summed E-state index contributed by atoms with van der Waals surface area (Å²) in [7, 11) is 0. The zero-order chi connectivity index (χ0) is 17.3. The Morgan fingerprint density at radius 1 is 1.29 bits per heavy atom. The number of amides is 1. The molecule has 0 saturated carbocycles. The maximum atomic E-state index is 12.9. The lowest BCUT2D eigenvalue weighted by molar-refractivity contribution is -0.115. The van der Waals surface area contributed by atoms with Gasteiger partial charge in [0, 0.05) is 0 Å². The number of aliphatic imine (C=N–C) groups is 1. The van der Waals surface area contributed by atoms with Crippen molar-refractivity contribution in [1.82, 2.24) is 5.32 Å². The predicted octanol–water partition coefficient (Wildman–Crippen LogP) is 4.79. The number of aromatic hydroxyl groups is 1. The molecule has 4 nitrogen and oxygen atoms in total. The van der Waals surface area contributed by atoms with Crippen LogP contribution < -0.4 is 5.32 Å². The molecule has 1 amide bonds. The molecule has 0 bridgehead atoms. The van der Waals surface area contributed by atoms with Gasteiger partial charge in [0.1, 0.15) is 11.6 Å². The molecular formula is C16H9BrFIN2O2S. The first-order valence-corrected chi connectivity index (χ1v) is 9.34. The van der Waals surface area contributed by atoms with Crippen molar-refractivity contribution in [2.24, 2.45) is 4.99 Å². The lowest BCUT2D eigenvalue weighted by Crippen LogP contribution is -2.19. The molecule has 0 unspecified atom stereocenters. The van der Waals surface area contributed by atoms with E-state index < -0.39 is 0 Å². The first-order chi connectivity index (χ1) is 11.4. The van der Waals surface area contributed by atoms with Crippen LogP contribution in [0.4, 0.5) is 10.1 Å². The van der Waals surface area contributed by atoms with E-state index in [1.54, 1.807) is 18.2 Å². The molecule has 1 aliphatic rings. The van der Waals surface area contributed by atoms with Crippen molar-refractivity contribution >= 4 is 73.1 Å². The van der Waals surface area contributed by atoms with Crippen LogP contribution in [0.5, 0.6) is 5.75 Å². The van der Waals surface area contributed by atoms with Crippen LogP contribution in [-0.2, 0) is 4.79 Å². The summed E-state index contributed by atoms with van der Waals surface area (Å²) < 4.78 is 14.1. The van der Waals surface area contributed by atoms with Gasteiger partial charge in [0.25, 0.3) is 5.91 Å². The highest BCUT2D eigenvalue weighted by atomic mass is 127. The summed E-state index contributed by atoms with van der Waals surface area (Å²) in [4.78, 5) is 16.8. The molecule has 1 saturated heterocycles. The maximum absolute atomic E-state index is 12.9. The molecule has 8 heteroatoms. The molecule has 24 heavy (non-hydrogen) atoms. The molecule has 0 radical (unpaired) electrons. The molecule has 0 aromatic heterocycles. The summed E-state index contributed by atoms with van der Waals surface area (Å²) in [5.74, 6) is -0.421. The Kier molecular flexibility index (Phi) is 5.26. The zero-order valence-corrected chi connectivity index (χ0v) is 16.4. The minimum absolute atomic E-state index is 0.167. The van der Waals surface area contributed by atoms with Gasteiger partial charge < -0.3 is 10.4 Å². The second-order valence-corrected chi connectivity index (χ2v) is 7.84. The lowest BCUT2D eigenvalue weighted by Gasteiger charge is -2.02. The summed E-state index contributed by atoms with van der Waals surface area (Å²) in [5.41, 5.74) is 1.34. The van der Waals surface area contributed by atoms with Crippen molar-refractivity contribution in [3.8, 4) is 5.75 Å². The van der Waals surface area contributed by atoms with E-state index in [1.165, 1.54) is 36.0 Å². The fourth-order valence-electron chi connectivity index (χ4n) is 1.93. The van der Waals surface area contributed by atoms with E-state index in [0.717, 1.165) is 5.56 Å². The fourth-order valence-corrected chi connectivity index (χ4v) is 4.27. The molecule has 122 valence electrons. The normalized spacial score (nSPS) is 17.5. The van der Waals surface area contributed by atoms with Crippen LogP contribution in [0.25, 0.3) is 6.08 Å². The monoisotopic (exact) mass is 518 g/mol. The Bertz CT molecular complexity index is 861. The Balaban J connectivity index is 1.86. The van der Waals surface area contributed by atoms with Gasteiger partial charge in [-0.15, -0.1) is 0 Å². The molecule has 2 N–H and O–H groups in total. The number of halogens is 3. The zero-order valence-electron chi connectivity index (χ0n) is 11.9. The Hall–Kier alpha value is -1.39. The molecule has 2 aromatic carbocycles. The lowest BCUT2D eigenvalue weighted by atomic mass is 10.2. The highest BCUT2D eigenvalue weighted by Crippen LogP contribution is 2.33. The summed E-state index contributed by atoms with van der Waals surface area (Å²) in [5, 5.41) is 12.9. The standard InChI is InChI=1S/C16H9BrFIN2O2S/c17-11-5-8(6-12(19)14(11)22)7-13-15(23)21-16(24-13)20-10-3-1-9(18)2-4-10/h1-7,22H,(H,20,21,23)/b13-7+. The van der Waals surface area contributed by atoms with E-state index in [0.29, 0.717) is 23.8 Å². The van der Waals surface area contributed by atoms with Crippen molar-refractivity contribution in [3.05, 3.63) is 60.7 Å². The Morgan fingerprint density at radius 2 is 2.00 bits per heavy atom. The fraction of sp³-hybridized carbons (Fsp3) is 0. The van der Waals surface area contributed by atoms with Gasteiger partial charge >= 0.3 is 0 Å². The molecule has 0 aliphatic carbocycles. The number of carbonyl (C=O) groups excluding carboxylic acids is 1. The first kappa shape index (κ1) is 17.4. The van der Waals surface area contributed by atoms with Crippen molar-refractivity contribution in [1.29, 1.82) is 0 Å². The number of carbonyl (C=O) groups is 1. The van der Waals surface area contributed by atoms with E-state index in [4.69, 9.17) is 0 Å². The number of hydrogen-bond acceptors (Lipinski definition) is 4. The van der Waals surface area contributed by atoms with Crippen molar-refractivity contribution < 1.29 is 14.3 Å². The van der Waals surface area contributed by atoms with E-state index >= 15 is 0 Å². The number of nitrogens with zero attached hydrogens (tertiary/aromatic N) is 1. The molecule has 3 rings (SSSR count). The second kappa shape index (κ2) is 7.24. The molecule has 0 spiro atoms. The van der Waals surface area contributed by atoms with E-state index in [-0.39, 0.29) is 17.5 Å². The predicted molar refractivity (Wildman–Crippen MR) is 106 cm³/mol. The number of rotatable bonds is 2. The van der Waals surface area contributed by atoms with Crippen LogP contribution >= 0.6 is 50.3 Å². The highest BCUT2D eigenvalue weighted by molar-refractivity contribution is 14.1. The van der Waals surface area contributed by atoms with E-state index in [2.05, 4.69) is 26.2 Å². The van der Waals surface area contributed by atoms with Crippen LogP contribution in [0, 0.1) is 9.39 Å². The SMILES string of the molecule is O=C1NC(=Nc2ccc(F)cc2)S/C1=C/c1cc(Br)c(O)c(I)c1. The number of phenolic OH excluding ortho intramolecular Hbond substituents is 1. The van der Waals surface area contributed by atoms with Crippen LogP contribution in [0.2, 0.25) is 0 Å². The molecule has 1 aliphatic heterocycles. The van der Waals surface area contributed by atoms with E-state index in [9.17, 15) is 14.3 Å². The largest absolute Gasteiger partial charge is 0.506 e. The minimum atomic E-state index is -0.338. The quantitative estimate of drug-likeness (QED) is 0.444. The smallest absolute Gasteiger partial charge is 0.264 e. The van der Waals surface area contributed by atoms with Crippen LogP contribution in [-0.4, -0.2) is 16.2 Å². The maximum Gasteiger partial charge on any atom is 0.264 e. The van der Waals surface area contributed by atoms with Crippen LogP contribution in [0.1, 0.15) is 5.56 Å². The third-order valence-electron chi connectivity index (χ3n) is 3.05. The van der Waals surface area contributed by atoms with Gasteiger partial charge in [-0.05, 0) is 98.3 Å². The third kappa shape index (κ3) is 3.98. The van der Waals surface area contributed by atoms with Crippen LogP contribution in [0.15, 0.2) is 50.8 Å². The van der Waals surface area contributed by atoms with Gasteiger partial charge in [0.15, 0.2) is 5.17 Å². The van der Waals surface area contributed by atoms with Gasteiger partial charge in [-0.2, -0.15) is 0 Å². The number of hydrogen-bond donors (Lipinski definition) is 2. The first-order valence-electron chi connectivity index (χ1n) is 6.65. The number of thioether (sulfide) groups is 1. The van der Waals surface area contributed by atoms with E-state index in [1.807, 2.05) is 22.6 Å². The number of nitrogens with one attached hydrogen (secondary N) is 1. The molecular weight excluding hydrogens is 510 g/mol. The van der Waals surface area contributed by atoms with Gasteiger partial charge in [-0.3, -0.25) is 4.79 Å². The summed E-state index contributed by atoms with van der Waals surface area (Å²) in [6, 6.07) is 9.21. The number of amidine groups is 1. The number of phenols is 1. The third-order valence-corrected chi connectivity index (χ3v) is 5.38. The van der Waals surface area contributed by atoms with Crippen molar-refractivity contribution in [2.75, 3.05) is 0 Å². The van der Waals surface area contributed by atoms with Crippen LogP contribution in [0.3, 0.4) is 0 Å². The average Bonchev–Trinajstić information content (AvgIpc) is 2.87. The summed E-state index contributed by atoms with van der Waals surface area (Å²) in [6.45, 7) is 0. The second-order valence-electron chi connectivity index (χ2n) is 4.79. The number of benzene rings is 2. The minimum Gasteiger partial charge on any atom is -0.506 e. The van der Waals surface area contributed by atoms with Gasteiger partial charge in [-0.1, -0.05) is 0 Å². The average molecular weight is 519 g/mol. The van der Waals surface area contributed by atoms with Crippen molar-refractivity contribution in [3.63, 3.8) is 0 Å². The summed E-state index contributed by atoms with van der Waals surface area (Å²) in [6.07, 6.45) is 1.72. The Morgan fingerprint density at radius 3 is 2.67 bits per heavy atom. The Labute approximate surface area is 163 Å². The topological polar surface area (TPSA) is 61.7 Å². The van der Waals surface area contributed by atoms with Gasteiger partial charge in [0.2, 0.25) is 0 Å². The highest BCUT2D eigenvalue weighted by Gasteiger charge is 2.24.